The van der Waals surface area contributed by atoms with Gasteiger partial charge in [0.2, 0.25) is 17.7 Å². The molecule has 3 fully saturated rings. The van der Waals surface area contributed by atoms with E-state index in [1.54, 1.807) is 0 Å². The Kier molecular flexibility index (Phi) is 3.54. The molecule has 3 amide bonds. The number of piperidine rings is 1. The van der Waals surface area contributed by atoms with Gasteiger partial charge in [0.1, 0.15) is 6.54 Å². The first kappa shape index (κ1) is 14.9. The molecule has 5 heteroatoms. The van der Waals surface area contributed by atoms with Crippen LogP contribution in [0.4, 0.5) is 0 Å². The summed E-state index contributed by atoms with van der Waals surface area (Å²) in [5.41, 5.74) is 0. The molecular formula is C18H24N2O3. The van der Waals surface area contributed by atoms with E-state index in [0.717, 1.165) is 38.6 Å². The minimum atomic E-state index is -0.200. The molecule has 2 heterocycles. The Bertz CT molecular complexity index is 555. The normalized spacial score (nSPS) is 38.6. The Morgan fingerprint density at radius 2 is 1.78 bits per heavy atom. The average molecular weight is 316 g/mol. The van der Waals surface area contributed by atoms with E-state index in [9.17, 15) is 14.4 Å². The van der Waals surface area contributed by atoms with Crippen molar-refractivity contribution in [2.24, 2.45) is 23.7 Å². The second kappa shape index (κ2) is 5.46. The highest BCUT2D eigenvalue weighted by molar-refractivity contribution is 6.08. The molecule has 0 aromatic rings. The van der Waals surface area contributed by atoms with Crippen molar-refractivity contribution >= 4 is 17.7 Å². The summed E-state index contributed by atoms with van der Waals surface area (Å²) in [6.45, 7) is 2.80. The molecule has 0 radical (unpaired) electrons. The topological polar surface area (TPSA) is 57.7 Å². The number of hydrogen-bond donors (Lipinski definition) is 0. The lowest BCUT2D eigenvalue weighted by molar-refractivity contribution is -0.148. The van der Waals surface area contributed by atoms with Crippen molar-refractivity contribution in [1.29, 1.82) is 0 Å². The highest BCUT2D eigenvalue weighted by Gasteiger charge is 2.59. The van der Waals surface area contributed by atoms with Crippen LogP contribution in [0.3, 0.4) is 0 Å². The van der Waals surface area contributed by atoms with E-state index in [-0.39, 0.29) is 54.0 Å². The van der Waals surface area contributed by atoms with Crippen LogP contribution in [-0.2, 0) is 14.4 Å². The molecule has 0 N–H and O–H groups in total. The number of hydrogen-bond acceptors (Lipinski definition) is 3. The Hall–Kier alpha value is -1.65. The summed E-state index contributed by atoms with van der Waals surface area (Å²) in [6, 6.07) is 0.265. The third-order valence-corrected chi connectivity index (χ3v) is 6.27. The number of fused-ring (bicyclic) bond motifs is 5. The predicted molar refractivity (Wildman–Crippen MR) is 84.1 cm³/mol. The van der Waals surface area contributed by atoms with E-state index in [1.807, 2.05) is 4.90 Å². The smallest absolute Gasteiger partial charge is 0.242 e. The number of likely N-dealkylation sites (tertiary alicyclic amines) is 2. The first-order chi connectivity index (χ1) is 11.1. The fraction of sp³-hybridized carbons (Fsp3) is 0.722. The third-order valence-electron chi connectivity index (χ3n) is 6.27. The molecule has 124 valence electrons. The number of carbonyl (C=O) groups excluding carboxylic acids is 3. The molecular weight excluding hydrogens is 292 g/mol. The number of allylic oxidation sites excluding steroid dienone is 2. The van der Waals surface area contributed by atoms with E-state index in [1.165, 1.54) is 4.90 Å². The van der Waals surface area contributed by atoms with Crippen molar-refractivity contribution in [1.82, 2.24) is 9.80 Å². The molecule has 0 spiro atoms. The van der Waals surface area contributed by atoms with Gasteiger partial charge in [0.15, 0.2) is 0 Å². The first-order valence-corrected chi connectivity index (χ1v) is 8.94. The molecule has 2 bridgehead atoms. The van der Waals surface area contributed by atoms with Crippen molar-refractivity contribution in [3.8, 4) is 0 Å². The molecule has 2 saturated heterocycles. The maximum Gasteiger partial charge on any atom is 0.242 e. The van der Waals surface area contributed by atoms with E-state index in [2.05, 4.69) is 19.1 Å². The monoisotopic (exact) mass is 316 g/mol. The van der Waals surface area contributed by atoms with Crippen molar-refractivity contribution < 1.29 is 14.4 Å². The second-order valence-corrected chi connectivity index (χ2v) is 7.41. The maximum absolute atomic E-state index is 12.7. The third kappa shape index (κ3) is 2.16. The molecule has 1 saturated carbocycles. The SMILES string of the molecule is CCC1CCCCN1C(=O)CN1C(=O)C2C3C=CC(C3)C2C1=O. The molecule has 5 unspecified atom stereocenters. The van der Waals surface area contributed by atoms with E-state index < -0.39 is 0 Å². The molecule has 0 aromatic carbocycles. The standard InChI is InChI=1S/C18H24N2O3/c1-2-13-5-3-4-8-19(13)14(21)10-20-17(22)15-11-6-7-12(9-11)16(15)18(20)23/h6-7,11-13,15-16H,2-5,8-10H2,1H3. The van der Waals surface area contributed by atoms with Crippen LogP contribution in [0.2, 0.25) is 0 Å². The summed E-state index contributed by atoms with van der Waals surface area (Å²) >= 11 is 0. The van der Waals surface area contributed by atoms with Crippen LogP contribution in [0.5, 0.6) is 0 Å². The summed E-state index contributed by atoms with van der Waals surface area (Å²) in [5.74, 6) is -0.272. The Morgan fingerprint density at radius 3 is 2.39 bits per heavy atom. The lowest BCUT2D eigenvalue weighted by Crippen LogP contribution is -2.49. The summed E-state index contributed by atoms with van der Waals surface area (Å²) in [5, 5.41) is 0. The average Bonchev–Trinajstić information content (AvgIpc) is 3.24. The number of rotatable bonds is 3. The molecule has 2 aliphatic heterocycles. The van der Waals surface area contributed by atoms with Crippen LogP contribution in [0, 0.1) is 23.7 Å². The molecule has 4 aliphatic rings. The summed E-state index contributed by atoms with van der Waals surface area (Å²) < 4.78 is 0. The van der Waals surface area contributed by atoms with Gasteiger partial charge in [-0.3, -0.25) is 19.3 Å². The molecule has 0 aromatic heterocycles. The summed E-state index contributed by atoms with van der Waals surface area (Å²) in [4.78, 5) is 41.1. The predicted octanol–water partition coefficient (Wildman–Crippen LogP) is 1.58. The zero-order chi connectivity index (χ0) is 16.1. The largest absolute Gasteiger partial charge is 0.338 e. The van der Waals surface area contributed by atoms with Gasteiger partial charge >= 0.3 is 0 Å². The molecule has 5 nitrogen and oxygen atoms in total. The lowest BCUT2D eigenvalue weighted by atomic mass is 9.85. The van der Waals surface area contributed by atoms with Crippen molar-refractivity contribution in [3.63, 3.8) is 0 Å². The number of carbonyl (C=O) groups is 3. The maximum atomic E-state index is 12.7. The number of nitrogens with zero attached hydrogens (tertiary/aromatic N) is 2. The Morgan fingerprint density at radius 1 is 1.13 bits per heavy atom. The van der Waals surface area contributed by atoms with Crippen LogP contribution >= 0.6 is 0 Å². The second-order valence-electron chi connectivity index (χ2n) is 7.41. The van der Waals surface area contributed by atoms with Gasteiger partial charge in [-0.15, -0.1) is 0 Å². The van der Waals surface area contributed by atoms with Gasteiger partial charge in [0.25, 0.3) is 0 Å². The van der Waals surface area contributed by atoms with E-state index in [0.29, 0.717) is 0 Å². The fourth-order valence-electron chi connectivity index (χ4n) is 5.10. The van der Waals surface area contributed by atoms with Gasteiger partial charge in [-0.1, -0.05) is 19.1 Å². The minimum Gasteiger partial charge on any atom is -0.338 e. The lowest BCUT2D eigenvalue weighted by Gasteiger charge is -2.36. The van der Waals surface area contributed by atoms with Crippen LogP contribution < -0.4 is 0 Å². The fourth-order valence-corrected chi connectivity index (χ4v) is 5.10. The number of imide groups is 1. The quantitative estimate of drug-likeness (QED) is 0.587. The van der Waals surface area contributed by atoms with Gasteiger partial charge in [-0.25, -0.2) is 0 Å². The highest BCUT2D eigenvalue weighted by atomic mass is 16.2. The van der Waals surface area contributed by atoms with Gasteiger partial charge in [0, 0.05) is 12.6 Å². The molecule has 23 heavy (non-hydrogen) atoms. The van der Waals surface area contributed by atoms with Gasteiger partial charge in [-0.2, -0.15) is 0 Å². The molecule has 2 aliphatic carbocycles. The highest BCUT2D eigenvalue weighted by Crippen LogP contribution is 2.52. The zero-order valence-electron chi connectivity index (χ0n) is 13.6. The Balaban J connectivity index is 1.48. The van der Waals surface area contributed by atoms with Crippen LogP contribution in [0.1, 0.15) is 39.0 Å². The summed E-state index contributed by atoms with van der Waals surface area (Å²) in [7, 11) is 0. The molecule has 4 rings (SSSR count). The summed E-state index contributed by atoms with van der Waals surface area (Å²) in [6.07, 6.45) is 9.24. The Labute approximate surface area is 136 Å². The molecule has 5 atom stereocenters. The number of amides is 3. The van der Waals surface area contributed by atoms with E-state index in [4.69, 9.17) is 0 Å². The van der Waals surface area contributed by atoms with Crippen molar-refractivity contribution in [3.05, 3.63) is 12.2 Å². The zero-order valence-corrected chi connectivity index (χ0v) is 13.6. The van der Waals surface area contributed by atoms with E-state index >= 15 is 0 Å². The van der Waals surface area contributed by atoms with Crippen LogP contribution in [-0.4, -0.2) is 46.7 Å². The van der Waals surface area contributed by atoms with Gasteiger partial charge in [-0.05, 0) is 43.9 Å². The minimum absolute atomic E-state index is 0.0550. The van der Waals surface area contributed by atoms with Gasteiger partial charge in [0.05, 0.1) is 11.8 Å². The first-order valence-electron chi connectivity index (χ1n) is 8.94. The van der Waals surface area contributed by atoms with Crippen LogP contribution in [0.15, 0.2) is 12.2 Å². The van der Waals surface area contributed by atoms with Crippen molar-refractivity contribution in [2.75, 3.05) is 13.1 Å². The van der Waals surface area contributed by atoms with Gasteiger partial charge < -0.3 is 4.90 Å². The van der Waals surface area contributed by atoms with Crippen molar-refractivity contribution in [2.45, 2.75) is 45.1 Å². The van der Waals surface area contributed by atoms with Crippen LogP contribution in [0.25, 0.3) is 0 Å².